The lowest BCUT2D eigenvalue weighted by atomic mass is 10.1. The van der Waals surface area contributed by atoms with Crippen LogP contribution in [0.25, 0.3) is 0 Å². The van der Waals surface area contributed by atoms with Crippen molar-refractivity contribution in [2.24, 2.45) is 0 Å². The molecular weight excluding hydrogens is 136 g/mol. The predicted molar refractivity (Wildman–Crippen MR) is 50.9 cm³/mol. The van der Waals surface area contributed by atoms with Crippen LogP contribution in [0, 0.1) is 0 Å². The molecule has 68 valence electrons. The highest BCUT2D eigenvalue weighted by Gasteiger charge is 2.07. The van der Waals surface area contributed by atoms with Gasteiger partial charge in [0.25, 0.3) is 0 Å². The first-order valence-corrected chi connectivity index (χ1v) is 4.39. The van der Waals surface area contributed by atoms with Gasteiger partial charge in [0.1, 0.15) is 0 Å². The van der Waals surface area contributed by atoms with Gasteiger partial charge in [0.15, 0.2) is 0 Å². The van der Waals surface area contributed by atoms with E-state index in [0.29, 0.717) is 0 Å². The second kappa shape index (κ2) is 4.73. The van der Waals surface area contributed by atoms with Crippen molar-refractivity contribution in [1.82, 2.24) is 10.2 Å². The highest BCUT2D eigenvalue weighted by molar-refractivity contribution is 4.70. The van der Waals surface area contributed by atoms with E-state index >= 15 is 0 Å². The summed E-state index contributed by atoms with van der Waals surface area (Å²) in [5.41, 5.74) is 0.259. The van der Waals surface area contributed by atoms with Crippen LogP contribution in [0.4, 0.5) is 0 Å². The molecule has 0 aromatic heterocycles. The van der Waals surface area contributed by atoms with Crippen LogP contribution in [0.1, 0.15) is 27.7 Å². The minimum Gasteiger partial charge on any atom is -0.311 e. The summed E-state index contributed by atoms with van der Waals surface area (Å²) in [6.07, 6.45) is 0. The molecule has 0 saturated carbocycles. The Kier molecular flexibility index (Phi) is 4.69. The van der Waals surface area contributed by atoms with E-state index in [4.69, 9.17) is 0 Å². The average molecular weight is 158 g/mol. The van der Waals surface area contributed by atoms with Crippen molar-refractivity contribution < 1.29 is 0 Å². The van der Waals surface area contributed by atoms with Gasteiger partial charge in [0.05, 0.1) is 0 Å². The molecule has 0 aromatic rings. The van der Waals surface area contributed by atoms with E-state index < -0.39 is 0 Å². The number of rotatable bonds is 4. The van der Waals surface area contributed by atoms with Crippen LogP contribution < -0.4 is 5.32 Å². The fourth-order valence-electron chi connectivity index (χ4n) is 0.780. The second-order valence-electron chi connectivity index (χ2n) is 4.07. The van der Waals surface area contributed by atoms with E-state index in [9.17, 15) is 0 Å². The van der Waals surface area contributed by atoms with Crippen LogP contribution in [-0.4, -0.2) is 37.1 Å². The van der Waals surface area contributed by atoms with Crippen molar-refractivity contribution in [3.63, 3.8) is 0 Å². The molecule has 0 atom stereocenters. The molecule has 0 aliphatic heterocycles. The van der Waals surface area contributed by atoms with Crippen LogP contribution in [0.3, 0.4) is 0 Å². The lowest BCUT2D eigenvalue weighted by molar-refractivity contribution is 0.322. The number of likely N-dealkylation sites (N-methyl/N-ethyl adjacent to an activating group) is 1. The lowest BCUT2D eigenvalue weighted by Crippen LogP contribution is -2.40. The zero-order valence-corrected chi connectivity index (χ0v) is 8.57. The highest BCUT2D eigenvalue weighted by Crippen LogP contribution is 1.96. The normalized spacial score (nSPS) is 12.5. The number of hydrogen-bond donors (Lipinski definition) is 1. The first-order chi connectivity index (χ1) is 4.95. The molecule has 0 heterocycles. The fraction of sp³-hybridized carbons (Fsp3) is 1.00. The molecule has 0 amide bonds. The first kappa shape index (κ1) is 10.9. The van der Waals surface area contributed by atoms with Crippen molar-refractivity contribution >= 4 is 0 Å². The Labute approximate surface area is 71.0 Å². The van der Waals surface area contributed by atoms with Crippen molar-refractivity contribution in [3.8, 4) is 0 Å². The average Bonchev–Trinajstić information content (AvgIpc) is 1.85. The molecule has 0 aromatic carbocycles. The second-order valence-corrected chi connectivity index (χ2v) is 4.07. The molecule has 11 heavy (non-hydrogen) atoms. The van der Waals surface area contributed by atoms with E-state index in [1.807, 2.05) is 0 Å². The van der Waals surface area contributed by atoms with Crippen molar-refractivity contribution in [2.75, 3.05) is 26.7 Å². The van der Waals surface area contributed by atoms with E-state index in [-0.39, 0.29) is 5.54 Å². The van der Waals surface area contributed by atoms with Gasteiger partial charge in [-0.2, -0.15) is 0 Å². The molecule has 0 unspecified atom stereocenters. The summed E-state index contributed by atoms with van der Waals surface area (Å²) in [5.74, 6) is 0. The highest BCUT2D eigenvalue weighted by atomic mass is 15.1. The molecule has 0 saturated heterocycles. The summed E-state index contributed by atoms with van der Waals surface area (Å²) in [7, 11) is 2.14. The minimum atomic E-state index is 0.259. The van der Waals surface area contributed by atoms with Gasteiger partial charge in [-0.1, -0.05) is 6.92 Å². The summed E-state index contributed by atoms with van der Waals surface area (Å²) in [5, 5.41) is 3.45. The number of nitrogens with one attached hydrogen (secondary N) is 1. The maximum absolute atomic E-state index is 3.45. The predicted octanol–water partition coefficient (Wildman–Crippen LogP) is 1.33. The van der Waals surface area contributed by atoms with E-state index in [0.717, 1.165) is 19.6 Å². The lowest BCUT2D eigenvalue weighted by Gasteiger charge is -2.22. The fourth-order valence-corrected chi connectivity index (χ4v) is 0.780. The van der Waals surface area contributed by atoms with E-state index in [2.05, 4.69) is 45.0 Å². The van der Waals surface area contributed by atoms with Crippen molar-refractivity contribution in [1.29, 1.82) is 0 Å². The summed E-state index contributed by atoms with van der Waals surface area (Å²) in [6, 6.07) is 0. The van der Waals surface area contributed by atoms with Crippen LogP contribution in [0.5, 0.6) is 0 Å². The first-order valence-electron chi connectivity index (χ1n) is 4.39. The molecule has 0 fully saturated rings. The zero-order chi connectivity index (χ0) is 8.91. The molecule has 2 nitrogen and oxygen atoms in total. The topological polar surface area (TPSA) is 15.3 Å². The van der Waals surface area contributed by atoms with Gasteiger partial charge in [0.2, 0.25) is 0 Å². The van der Waals surface area contributed by atoms with E-state index in [1.54, 1.807) is 0 Å². The van der Waals surface area contributed by atoms with Crippen LogP contribution >= 0.6 is 0 Å². The molecule has 2 heteroatoms. The summed E-state index contributed by atoms with van der Waals surface area (Å²) < 4.78 is 0. The van der Waals surface area contributed by atoms with Crippen LogP contribution in [0.15, 0.2) is 0 Å². The standard InChI is InChI=1S/C9H22N2/c1-6-11(5)8-7-10-9(2,3)4/h10H,6-8H2,1-5H3. The Morgan fingerprint density at radius 3 is 2.18 bits per heavy atom. The van der Waals surface area contributed by atoms with Crippen LogP contribution in [-0.2, 0) is 0 Å². The van der Waals surface area contributed by atoms with Crippen molar-refractivity contribution in [3.05, 3.63) is 0 Å². The van der Waals surface area contributed by atoms with Crippen LogP contribution in [0.2, 0.25) is 0 Å². The third kappa shape index (κ3) is 7.82. The molecule has 0 rings (SSSR count). The van der Waals surface area contributed by atoms with Gasteiger partial charge in [-0.15, -0.1) is 0 Å². The molecular formula is C9H22N2. The Morgan fingerprint density at radius 1 is 1.27 bits per heavy atom. The Hall–Kier alpha value is -0.0800. The molecule has 0 aliphatic carbocycles. The summed E-state index contributed by atoms with van der Waals surface area (Å²) in [4.78, 5) is 2.30. The zero-order valence-electron chi connectivity index (χ0n) is 8.57. The quantitative estimate of drug-likeness (QED) is 0.664. The van der Waals surface area contributed by atoms with Gasteiger partial charge in [-0.3, -0.25) is 0 Å². The summed E-state index contributed by atoms with van der Waals surface area (Å²) in [6.45, 7) is 12.1. The Morgan fingerprint density at radius 2 is 1.82 bits per heavy atom. The minimum absolute atomic E-state index is 0.259. The molecule has 0 radical (unpaired) electrons. The molecule has 0 spiro atoms. The SMILES string of the molecule is CCN(C)CCNC(C)(C)C. The maximum atomic E-state index is 3.45. The van der Waals surface area contributed by atoms with Gasteiger partial charge >= 0.3 is 0 Å². The summed E-state index contributed by atoms with van der Waals surface area (Å²) >= 11 is 0. The van der Waals surface area contributed by atoms with Gasteiger partial charge in [-0.05, 0) is 34.4 Å². The van der Waals surface area contributed by atoms with Gasteiger partial charge < -0.3 is 10.2 Å². The molecule has 0 bridgehead atoms. The molecule has 1 N–H and O–H groups in total. The molecule has 0 aliphatic rings. The number of nitrogens with zero attached hydrogens (tertiary/aromatic N) is 1. The number of hydrogen-bond acceptors (Lipinski definition) is 2. The van der Waals surface area contributed by atoms with E-state index in [1.165, 1.54) is 0 Å². The Bertz CT molecular complexity index is 94.2. The van der Waals surface area contributed by atoms with Gasteiger partial charge in [-0.25, -0.2) is 0 Å². The largest absolute Gasteiger partial charge is 0.311 e. The smallest absolute Gasteiger partial charge is 0.0104 e. The Balaban J connectivity index is 3.28. The third-order valence-corrected chi connectivity index (χ3v) is 1.69. The maximum Gasteiger partial charge on any atom is 0.0104 e. The monoisotopic (exact) mass is 158 g/mol. The van der Waals surface area contributed by atoms with Gasteiger partial charge in [0, 0.05) is 18.6 Å². The van der Waals surface area contributed by atoms with Crippen molar-refractivity contribution in [2.45, 2.75) is 33.2 Å². The third-order valence-electron chi connectivity index (χ3n) is 1.69.